The van der Waals surface area contributed by atoms with Crippen molar-refractivity contribution in [3.63, 3.8) is 0 Å². The zero-order valence-corrected chi connectivity index (χ0v) is 13.1. The van der Waals surface area contributed by atoms with Crippen LogP contribution < -0.4 is 5.73 Å². The quantitative estimate of drug-likeness (QED) is 0.880. The lowest BCUT2D eigenvalue weighted by molar-refractivity contribution is 0.0742. The Balaban J connectivity index is 1.94. The monoisotopic (exact) mass is 301 g/mol. The maximum atomic E-state index is 12.7. The van der Waals surface area contributed by atoms with Gasteiger partial charge in [0, 0.05) is 34.7 Å². The Morgan fingerprint density at radius 2 is 2.14 bits per heavy atom. The summed E-state index contributed by atoms with van der Waals surface area (Å²) in [5, 5.41) is 0.892. The molecule has 5 heteroatoms. The Morgan fingerprint density at radius 3 is 2.90 bits per heavy atom. The first-order chi connectivity index (χ1) is 9.96. The highest BCUT2D eigenvalue weighted by Crippen LogP contribution is 2.30. The van der Waals surface area contributed by atoms with Crippen LogP contribution in [0.4, 0.5) is 5.69 Å². The summed E-state index contributed by atoms with van der Waals surface area (Å²) in [6.07, 6.45) is 0. The summed E-state index contributed by atoms with van der Waals surface area (Å²) >= 11 is 1.90. The molecule has 4 nitrogen and oxygen atoms in total. The molecule has 0 spiro atoms. The van der Waals surface area contributed by atoms with Crippen LogP contribution in [0, 0.1) is 0 Å². The number of fused-ring (bicyclic) bond motifs is 1. The molecule has 0 unspecified atom stereocenters. The lowest BCUT2D eigenvalue weighted by atomic mass is 10.1. The fourth-order valence-electron chi connectivity index (χ4n) is 2.66. The third kappa shape index (κ3) is 2.83. The maximum absolute atomic E-state index is 12.7. The average Bonchev–Trinajstić information content (AvgIpc) is 2.45. The molecular weight excluding hydrogens is 282 g/mol. The molecule has 0 radical (unpaired) electrons. The van der Waals surface area contributed by atoms with Crippen LogP contribution in [-0.2, 0) is 0 Å². The molecule has 0 atom stereocenters. The van der Waals surface area contributed by atoms with E-state index in [9.17, 15) is 4.79 Å². The fraction of sp³-hybridized carbons (Fsp3) is 0.375. The zero-order valence-electron chi connectivity index (χ0n) is 12.3. The van der Waals surface area contributed by atoms with Crippen molar-refractivity contribution in [3.05, 3.63) is 36.0 Å². The molecule has 0 saturated carbocycles. The second kappa shape index (κ2) is 5.22. The zero-order chi connectivity index (χ0) is 15.0. The van der Waals surface area contributed by atoms with Gasteiger partial charge in [-0.2, -0.15) is 11.8 Å². The van der Waals surface area contributed by atoms with Crippen LogP contribution in [0.2, 0.25) is 0 Å². The summed E-state index contributed by atoms with van der Waals surface area (Å²) in [5.74, 6) is 0.933. The summed E-state index contributed by atoms with van der Waals surface area (Å²) < 4.78 is 0.0936. The molecule has 110 valence electrons. The molecular formula is C16H19N3OS. The summed E-state index contributed by atoms with van der Waals surface area (Å²) in [7, 11) is 0. The molecule has 3 rings (SSSR count). The first-order valence-corrected chi connectivity index (χ1v) is 8.03. The normalized spacial score (nSPS) is 17.9. The van der Waals surface area contributed by atoms with Crippen molar-refractivity contribution in [2.75, 3.05) is 24.6 Å². The highest BCUT2D eigenvalue weighted by Gasteiger charge is 2.30. The van der Waals surface area contributed by atoms with Gasteiger partial charge in [-0.15, -0.1) is 0 Å². The molecule has 1 aliphatic rings. The van der Waals surface area contributed by atoms with Crippen LogP contribution in [0.3, 0.4) is 0 Å². The van der Waals surface area contributed by atoms with Gasteiger partial charge >= 0.3 is 0 Å². The lowest BCUT2D eigenvalue weighted by Gasteiger charge is -2.37. The van der Waals surface area contributed by atoms with Gasteiger partial charge in [0.05, 0.1) is 5.52 Å². The van der Waals surface area contributed by atoms with Gasteiger partial charge in [0.15, 0.2) is 0 Å². The minimum atomic E-state index is -0.0270. The highest BCUT2D eigenvalue weighted by molar-refractivity contribution is 8.00. The number of hydrogen-bond donors (Lipinski definition) is 1. The number of amides is 1. The number of nitrogen functional groups attached to an aromatic ring is 1. The Hall–Kier alpha value is -1.75. The van der Waals surface area contributed by atoms with Crippen LogP contribution in [0.25, 0.3) is 10.9 Å². The molecule has 2 heterocycles. The van der Waals surface area contributed by atoms with Crippen LogP contribution in [0.5, 0.6) is 0 Å². The van der Waals surface area contributed by atoms with Crippen molar-refractivity contribution in [2.45, 2.75) is 18.6 Å². The van der Waals surface area contributed by atoms with Crippen molar-refractivity contribution < 1.29 is 4.79 Å². The molecule has 0 bridgehead atoms. The predicted octanol–water partition coefficient (Wildman–Crippen LogP) is 2.78. The summed E-state index contributed by atoms with van der Waals surface area (Å²) in [4.78, 5) is 19.0. The Morgan fingerprint density at radius 1 is 1.38 bits per heavy atom. The molecule has 1 fully saturated rings. The van der Waals surface area contributed by atoms with E-state index >= 15 is 0 Å². The van der Waals surface area contributed by atoms with Crippen LogP contribution in [0.15, 0.2) is 30.3 Å². The van der Waals surface area contributed by atoms with Crippen LogP contribution in [-0.4, -0.2) is 39.4 Å². The Kier molecular flexibility index (Phi) is 3.53. The number of para-hydroxylation sites is 1. The van der Waals surface area contributed by atoms with Gasteiger partial charge in [0.25, 0.3) is 5.91 Å². The number of rotatable bonds is 1. The second-order valence-electron chi connectivity index (χ2n) is 5.95. The molecule has 0 aliphatic carbocycles. The number of thioether (sulfide) groups is 1. The number of anilines is 1. The molecule has 1 saturated heterocycles. The van der Waals surface area contributed by atoms with Gasteiger partial charge in [-0.25, -0.2) is 4.98 Å². The van der Waals surface area contributed by atoms with Crippen molar-refractivity contribution >= 4 is 34.3 Å². The molecule has 1 amide bonds. The van der Waals surface area contributed by atoms with Gasteiger partial charge in [0.1, 0.15) is 5.69 Å². The van der Waals surface area contributed by atoms with E-state index in [1.54, 1.807) is 6.07 Å². The Bertz CT molecular complexity index is 699. The number of nitrogens with zero attached hydrogens (tertiary/aromatic N) is 2. The first kappa shape index (κ1) is 14.2. The van der Waals surface area contributed by atoms with E-state index in [0.29, 0.717) is 11.4 Å². The van der Waals surface area contributed by atoms with Gasteiger partial charge in [0.2, 0.25) is 0 Å². The summed E-state index contributed by atoms with van der Waals surface area (Å²) in [6.45, 7) is 5.84. The van der Waals surface area contributed by atoms with Gasteiger partial charge in [-0.1, -0.05) is 18.2 Å². The molecule has 21 heavy (non-hydrogen) atoms. The summed E-state index contributed by atoms with van der Waals surface area (Å²) in [5.41, 5.74) is 7.88. The number of hydrogen-bond acceptors (Lipinski definition) is 4. The molecule has 1 aliphatic heterocycles. The molecule has 1 aromatic carbocycles. The average molecular weight is 301 g/mol. The Labute approximate surface area is 128 Å². The van der Waals surface area contributed by atoms with Crippen molar-refractivity contribution in [1.82, 2.24) is 9.88 Å². The standard InChI is InChI=1S/C16H19N3OS/c1-16(2)10-19(7-8-21-16)15(20)14-9-12(17)11-5-3-4-6-13(11)18-14/h3-6,9H,7-8,10H2,1-2H3,(H2,17,18). The molecule has 2 aromatic rings. The predicted molar refractivity (Wildman–Crippen MR) is 88.6 cm³/mol. The SMILES string of the molecule is CC1(C)CN(C(=O)c2cc(N)c3ccccc3n2)CCS1. The molecule has 2 N–H and O–H groups in total. The number of pyridine rings is 1. The van der Waals surface area contributed by atoms with E-state index in [1.165, 1.54) is 0 Å². The number of nitrogens with two attached hydrogens (primary N) is 1. The van der Waals surface area contributed by atoms with Gasteiger partial charge in [-0.05, 0) is 26.0 Å². The highest BCUT2D eigenvalue weighted by atomic mass is 32.2. The number of carbonyl (C=O) groups excluding carboxylic acids is 1. The van der Waals surface area contributed by atoms with E-state index in [0.717, 1.165) is 29.7 Å². The van der Waals surface area contributed by atoms with Crippen molar-refractivity contribution in [2.24, 2.45) is 0 Å². The third-order valence-corrected chi connectivity index (χ3v) is 4.98. The summed E-state index contributed by atoms with van der Waals surface area (Å²) in [6, 6.07) is 9.33. The minimum Gasteiger partial charge on any atom is -0.398 e. The van der Waals surface area contributed by atoms with Crippen molar-refractivity contribution in [3.8, 4) is 0 Å². The van der Waals surface area contributed by atoms with Crippen molar-refractivity contribution in [1.29, 1.82) is 0 Å². The molecule has 1 aromatic heterocycles. The third-order valence-electron chi connectivity index (χ3n) is 3.68. The topological polar surface area (TPSA) is 59.2 Å². The van der Waals surface area contributed by atoms with E-state index in [2.05, 4.69) is 18.8 Å². The van der Waals surface area contributed by atoms with E-state index in [1.807, 2.05) is 40.9 Å². The smallest absolute Gasteiger partial charge is 0.272 e. The van der Waals surface area contributed by atoms with Crippen LogP contribution in [0.1, 0.15) is 24.3 Å². The van der Waals surface area contributed by atoms with Crippen LogP contribution >= 0.6 is 11.8 Å². The van der Waals surface area contributed by atoms with E-state index in [4.69, 9.17) is 5.73 Å². The second-order valence-corrected chi connectivity index (χ2v) is 7.75. The van der Waals surface area contributed by atoms with E-state index < -0.39 is 0 Å². The fourth-order valence-corrected chi connectivity index (χ4v) is 3.78. The number of carbonyl (C=O) groups is 1. The number of benzene rings is 1. The minimum absolute atomic E-state index is 0.0270. The van der Waals surface area contributed by atoms with Gasteiger partial charge in [-0.3, -0.25) is 4.79 Å². The number of aromatic nitrogens is 1. The van der Waals surface area contributed by atoms with E-state index in [-0.39, 0.29) is 10.7 Å². The maximum Gasteiger partial charge on any atom is 0.272 e. The van der Waals surface area contributed by atoms with Gasteiger partial charge < -0.3 is 10.6 Å². The lowest BCUT2D eigenvalue weighted by Crippen LogP contribution is -2.46. The first-order valence-electron chi connectivity index (χ1n) is 7.05. The largest absolute Gasteiger partial charge is 0.398 e.